The van der Waals surface area contributed by atoms with Crippen LogP contribution in [0.4, 0.5) is 17.1 Å². The van der Waals surface area contributed by atoms with Gasteiger partial charge in [-0.25, -0.2) is 0 Å². The summed E-state index contributed by atoms with van der Waals surface area (Å²) < 4.78 is 5.15. The van der Waals surface area contributed by atoms with Gasteiger partial charge >= 0.3 is 0 Å². The van der Waals surface area contributed by atoms with E-state index in [4.69, 9.17) is 27.9 Å². The van der Waals surface area contributed by atoms with E-state index in [0.717, 1.165) is 0 Å². The first kappa shape index (κ1) is 18.0. The van der Waals surface area contributed by atoms with Crippen LogP contribution in [-0.2, 0) is 0 Å². The number of benzene rings is 2. The van der Waals surface area contributed by atoms with Crippen LogP contribution >= 0.6 is 23.2 Å². The normalized spacial score (nSPS) is 10.3. The molecule has 1 aromatic heterocycles. The summed E-state index contributed by atoms with van der Waals surface area (Å²) >= 11 is 12.2. The zero-order chi connectivity index (χ0) is 18.5. The van der Waals surface area contributed by atoms with E-state index in [1.54, 1.807) is 67.9 Å². The third kappa shape index (κ3) is 4.45. The Morgan fingerprint density at radius 2 is 1.88 bits per heavy atom. The summed E-state index contributed by atoms with van der Waals surface area (Å²) in [5.74, 6) is 0.320. The second kappa shape index (κ2) is 8.08. The van der Waals surface area contributed by atoms with Gasteiger partial charge in [-0.3, -0.25) is 9.78 Å². The lowest BCUT2D eigenvalue weighted by Gasteiger charge is -2.10. The van der Waals surface area contributed by atoms with Gasteiger partial charge in [0.15, 0.2) is 0 Å². The first-order valence-corrected chi connectivity index (χ1v) is 8.44. The highest BCUT2D eigenvalue weighted by Gasteiger charge is 2.10. The number of ether oxygens (including phenoxy) is 1. The maximum absolute atomic E-state index is 12.5. The van der Waals surface area contributed by atoms with Gasteiger partial charge < -0.3 is 15.4 Å². The fourth-order valence-electron chi connectivity index (χ4n) is 2.28. The smallest absolute Gasteiger partial charge is 0.274 e. The minimum absolute atomic E-state index is 0.260. The molecule has 0 aliphatic rings. The van der Waals surface area contributed by atoms with E-state index in [1.807, 2.05) is 0 Å². The molecule has 5 nitrogen and oxygen atoms in total. The number of carbonyl (C=O) groups excluding carboxylic acids is 1. The van der Waals surface area contributed by atoms with Crippen LogP contribution in [0.5, 0.6) is 5.75 Å². The van der Waals surface area contributed by atoms with Crippen molar-refractivity contribution in [3.63, 3.8) is 0 Å². The van der Waals surface area contributed by atoms with Gasteiger partial charge in [0.25, 0.3) is 5.91 Å². The molecule has 0 saturated heterocycles. The van der Waals surface area contributed by atoms with E-state index in [-0.39, 0.29) is 11.6 Å². The molecule has 7 heteroatoms. The first-order valence-electron chi connectivity index (χ1n) is 7.69. The SMILES string of the molecule is COc1cccc(NC(=O)c2cc(Nc3cc(Cl)ccc3Cl)ccn2)c1. The number of anilines is 3. The molecule has 0 fully saturated rings. The van der Waals surface area contributed by atoms with Crippen LogP contribution in [-0.4, -0.2) is 18.0 Å². The van der Waals surface area contributed by atoms with Crippen molar-refractivity contribution in [1.82, 2.24) is 4.98 Å². The van der Waals surface area contributed by atoms with Crippen molar-refractivity contribution in [1.29, 1.82) is 0 Å². The Balaban J connectivity index is 1.77. The maximum atomic E-state index is 12.5. The molecule has 0 bridgehead atoms. The van der Waals surface area contributed by atoms with Gasteiger partial charge in [0.05, 0.1) is 17.8 Å². The molecule has 2 aromatic carbocycles. The molecule has 3 aromatic rings. The van der Waals surface area contributed by atoms with E-state index in [9.17, 15) is 4.79 Å². The van der Waals surface area contributed by atoms with Gasteiger partial charge in [-0.1, -0.05) is 29.3 Å². The summed E-state index contributed by atoms with van der Waals surface area (Å²) in [4.78, 5) is 16.6. The maximum Gasteiger partial charge on any atom is 0.274 e. The van der Waals surface area contributed by atoms with E-state index in [0.29, 0.717) is 32.9 Å². The molecule has 2 N–H and O–H groups in total. The molecule has 0 spiro atoms. The van der Waals surface area contributed by atoms with Gasteiger partial charge in [0.1, 0.15) is 11.4 Å². The number of nitrogens with zero attached hydrogens (tertiary/aromatic N) is 1. The summed E-state index contributed by atoms with van der Waals surface area (Å²) in [6.45, 7) is 0. The number of nitrogens with one attached hydrogen (secondary N) is 2. The predicted molar refractivity (Wildman–Crippen MR) is 105 cm³/mol. The Morgan fingerprint density at radius 1 is 1.04 bits per heavy atom. The van der Waals surface area contributed by atoms with Crippen LogP contribution in [0.25, 0.3) is 0 Å². The number of amides is 1. The number of halogens is 2. The number of methoxy groups -OCH3 is 1. The largest absolute Gasteiger partial charge is 0.497 e. The molecule has 3 rings (SSSR count). The van der Waals surface area contributed by atoms with Crippen LogP contribution < -0.4 is 15.4 Å². The molecule has 1 amide bonds. The number of pyridine rings is 1. The van der Waals surface area contributed by atoms with Crippen molar-refractivity contribution in [2.45, 2.75) is 0 Å². The molecule has 1 heterocycles. The van der Waals surface area contributed by atoms with E-state index in [2.05, 4.69) is 15.6 Å². The topological polar surface area (TPSA) is 63.2 Å². The molecule has 0 atom stereocenters. The lowest BCUT2D eigenvalue weighted by atomic mass is 10.2. The fraction of sp³-hybridized carbons (Fsp3) is 0.0526. The van der Waals surface area contributed by atoms with Crippen LogP contribution in [0.2, 0.25) is 10.0 Å². The Hall–Kier alpha value is -2.76. The molecule has 0 unspecified atom stereocenters. The highest BCUT2D eigenvalue weighted by molar-refractivity contribution is 6.35. The van der Waals surface area contributed by atoms with E-state index < -0.39 is 0 Å². The molecule has 0 aliphatic carbocycles. The molecular formula is C19H15Cl2N3O2. The molecule has 0 saturated carbocycles. The summed E-state index contributed by atoms with van der Waals surface area (Å²) in [6.07, 6.45) is 1.54. The minimum atomic E-state index is -0.334. The second-order valence-electron chi connectivity index (χ2n) is 5.37. The number of hydrogen-bond acceptors (Lipinski definition) is 4. The predicted octanol–water partition coefficient (Wildman–Crippen LogP) is 5.39. The average Bonchev–Trinajstić information content (AvgIpc) is 2.65. The van der Waals surface area contributed by atoms with Gasteiger partial charge in [-0.2, -0.15) is 0 Å². The fourth-order valence-corrected chi connectivity index (χ4v) is 2.61. The number of hydrogen-bond donors (Lipinski definition) is 2. The van der Waals surface area contributed by atoms with Gasteiger partial charge in [-0.15, -0.1) is 0 Å². The third-order valence-electron chi connectivity index (χ3n) is 3.53. The first-order chi connectivity index (χ1) is 12.5. The number of carbonyl (C=O) groups is 1. The van der Waals surface area contributed by atoms with Gasteiger partial charge in [0.2, 0.25) is 0 Å². The second-order valence-corrected chi connectivity index (χ2v) is 6.21. The van der Waals surface area contributed by atoms with Crippen LogP contribution in [0.3, 0.4) is 0 Å². The summed E-state index contributed by atoms with van der Waals surface area (Å²) in [7, 11) is 1.57. The zero-order valence-electron chi connectivity index (χ0n) is 13.8. The minimum Gasteiger partial charge on any atom is -0.497 e. The van der Waals surface area contributed by atoms with Crippen molar-refractivity contribution in [2.24, 2.45) is 0 Å². The molecule has 0 aliphatic heterocycles. The van der Waals surface area contributed by atoms with Crippen LogP contribution in [0.15, 0.2) is 60.8 Å². The Kier molecular flexibility index (Phi) is 5.61. The molecule has 26 heavy (non-hydrogen) atoms. The molecular weight excluding hydrogens is 373 g/mol. The van der Waals surface area contributed by atoms with Crippen molar-refractivity contribution in [3.8, 4) is 5.75 Å². The van der Waals surface area contributed by atoms with Gasteiger partial charge in [0, 0.05) is 28.7 Å². The summed E-state index contributed by atoms with van der Waals surface area (Å²) in [6, 6.07) is 15.6. The Morgan fingerprint density at radius 3 is 2.69 bits per heavy atom. The monoisotopic (exact) mass is 387 g/mol. The third-order valence-corrected chi connectivity index (χ3v) is 4.09. The highest BCUT2D eigenvalue weighted by Crippen LogP contribution is 2.28. The zero-order valence-corrected chi connectivity index (χ0v) is 15.3. The standard InChI is InChI=1S/C19H15Cl2N3O2/c1-26-15-4-2-3-13(10-15)24-19(25)18-11-14(7-8-22-18)23-17-9-12(20)5-6-16(17)21/h2-11H,1H3,(H,22,23)(H,24,25). The van der Waals surface area contributed by atoms with Crippen molar-refractivity contribution in [2.75, 3.05) is 17.7 Å². The van der Waals surface area contributed by atoms with Crippen molar-refractivity contribution >= 4 is 46.2 Å². The average molecular weight is 388 g/mol. The highest BCUT2D eigenvalue weighted by atomic mass is 35.5. The molecule has 0 radical (unpaired) electrons. The lowest BCUT2D eigenvalue weighted by molar-refractivity contribution is 0.102. The molecule has 132 valence electrons. The van der Waals surface area contributed by atoms with Crippen LogP contribution in [0.1, 0.15) is 10.5 Å². The summed E-state index contributed by atoms with van der Waals surface area (Å²) in [5.41, 5.74) is 2.19. The van der Waals surface area contributed by atoms with Crippen molar-refractivity contribution < 1.29 is 9.53 Å². The Labute approximate surface area is 160 Å². The lowest BCUT2D eigenvalue weighted by Crippen LogP contribution is -2.13. The van der Waals surface area contributed by atoms with Gasteiger partial charge in [-0.05, 0) is 42.5 Å². The van der Waals surface area contributed by atoms with E-state index in [1.165, 1.54) is 0 Å². The number of aromatic nitrogens is 1. The van der Waals surface area contributed by atoms with Crippen molar-refractivity contribution in [3.05, 3.63) is 76.5 Å². The number of rotatable bonds is 5. The van der Waals surface area contributed by atoms with Crippen LogP contribution in [0, 0.1) is 0 Å². The quantitative estimate of drug-likeness (QED) is 0.615. The summed E-state index contributed by atoms with van der Waals surface area (Å²) in [5, 5.41) is 7.00. The van der Waals surface area contributed by atoms with E-state index >= 15 is 0 Å². The Bertz CT molecular complexity index is 948.